The highest BCUT2D eigenvalue weighted by Gasteiger charge is 2.01. The first-order valence-electron chi connectivity index (χ1n) is 8.15. The van der Waals surface area contributed by atoms with Crippen molar-refractivity contribution < 1.29 is 4.74 Å². The third kappa shape index (κ3) is 8.03. The van der Waals surface area contributed by atoms with Gasteiger partial charge in [0.25, 0.3) is 0 Å². The highest BCUT2D eigenvalue weighted by atomic mass is 16.5. The summed E-state index contributed by atoms with van der Waals surface area (Å²) in [5, 5.41) is 6.69. The lowest BCUT2D eigenvalue weighted by Crippen LogP contribution is -2.37. The quantitative estimate of drug-likeness (QED) is 0.572. The third-order valence-electron chi connectivity index (χ3n) is 3.27. The first kappa shape index (κ1) is 18.5. The number of rotatable bonds is 8. The van der Waals surface area contributed by atoms with Crippen molar-refractivity contribution in [1.29, 1.82) is 0 Å². The normalized spacial score (nSPS) is 12.0. The third-order valence-corrected chi connectivity index (χ3v) is 3.27. The van der Waals surface area contributed by atoms with E-state index in [-0.39, 0.29) is 6.10 Å². The van der Waals surface area contributed by atoms with Crippen LogP contribution in [-0.4, -0.2) is 25.7 Å². The van der Waals surface area contributed by atoms with Crippen molar-refractivity contribution in [3.8, 4) is 0 Å². The van der Waals surface area contributed by atoms with Crippen LogP contribution in [0.5, 0.6) is 0 Å². The van der Waals surface area contributed by atoms with Gasteiger partial charge in [0, 0.05) is 20.1 Å². The number of aliphatic imine (C=N–C) groups is 1. The van der Waals surface area contributed by atoms with Gasteiger partial charge in [0.1, 0.15) is 0 Å². The van der Waals surface area contributed by atoms with Gasteiger partial charge in [0.2, 0.25) is 0 Å². The summed E-state index contributed by atoms with van der Waals surface area (Å²) < 4.78 is 5.65. The van der Waals surface area contributed by atoms with Gasteiger partial charge in [0.05, 0.1) is 12.7 Å². The Morgan fingerprint density at radius 3 is 2.50 bits per heavy atom. The zero-order chi connectivity index (χ0) is 16.4. The van der Waals surface area contributed by atoms with Gasteiger partial charge in [-0.3, -0.25) is 4.99 Å². The summed E-state index contributed by atoms with van der Waals surface area (Å²) in [7, 11) is 1.80. The van der Waals surface area contributed by atoms with Gasteiger partial charge in [-0.15, -0.1) is 0 Å². The molecule has 4 heteroatoms. The Kier molecular flexibility index (Phi) is 8.60. The molecule has 1 aromatic carbocycles. The molecule has 0 amide bonds. The first-order valence-corrected chi connectivity index (χ1v) is 8.15. The zero-order valence-corrected chi connectivity index (χ0v) is 14.6. The van der Waals surface area contributed by atoms with Crippen molar-refractivity contribution >= 4 is 5.96 Å². The molecular formula is C18H31N3O. The van der Waals surface area contributed by atoms with Gasteiger partial charge in [-0.25, -0.2) is 0 Å². The van der Waals surface area contributed by atoms with Gasteiger partial charge < -0.3 is 15.4 Å². The molecule has 22 heavy (non-hydrogen) atoms. The number of nitrogens with one attached hydrogen (secondary N) is 2. The topological polar surface area (TPSA) is 45.7 Å². The van der Waals surface area contributed by atoms with Gasteiger partial charge >= 0.3 is 0 Å². The molecule has 0 aliphatic heterocycles. The van der Waals surface area contributed by atoms with Crippen molar-refractivity contribution in [3.05, 3.63) is 35.4 Å². The van der Waals surface area contributed by atoms with Crippen LogP contribution >= 0.6 is 0 Å². The maximum absolute atomic E-state index is 5.65. The second kappa shape index (κ2) is 10.2. The van der Waals surface area contributed by atoms with Crippen LogP contribution in [0, 0.1) is 5.92 Å². The minimum atomic E-state index is 0.255. The highest BCUT2D eigenvalue weighted by molar-refractivity contribution is 5.79. The second-order valence-electron chi connectivity index (χ2n) is 6.21. The molecule has 0 saturated heterocycles. The average molecular weight is 305 g/mol. The Balaban J connectivity index is 2.43. The zero-order valence-electron chi connectivity index (χ0n) is 14.6. The van der Waals surface area contributed by atoms with Crippen molar-refractivity contribution in [3.63, 3.8) is 0 Å². The molecule has 0 saturated carbocycles. The van der Waals surface area contributed by atoms with Gasteiger partial charge in [-0.2, -0.15) is 0 Å². The van der Waals surface area contributed by atoms with Gasteiger partial charge in [-0.1, -0.05) is 38.1 Å². The van der Waals surface area contributed by atoms with Crippen molar-refractivity contribution in [2.45, 2.75) is 53.4 Å². The molecule has 1 aromatic rings. The summed E-state index contributed by atoms with van der Waals surface area (Å²) in [6, 6.07) is 8.47. The summed E-state index contributed by atoms with van der Waals surface area (Å²) in [5.74, 6) is 1.55. The lowest BCUT2D eigenvalue weighted by atomic mass is 10.1. The minimum Gasteiger partial charge on any atom is -0.374 e. The van der Waals surface area contributed by atoms with Crippen LogP contribution in [0.1, 0.15) is 45.2 Å². The highest BCUT2D eigenvalue weighted by Crippen LogP contribution is 2.08. The summed E-state index contributed by atoms with van der Waals surface area (Å²) in [4.78, 5) is 4.25. The number of nitrogens with zero attached hydrogens (tertiary/aromatic N) is 1. The maximum atomic E-state index is 5.65. The standard InChI is InChI=1S/C18H31N3O/c1-14(2)9-10-20-18(19-5)21-12-16-7-6-8-17(11-16)13-22-15(3)4/h6-8,11,14-15H,9-10,12-13H2,1-5H3,(H2,19,20,21). The predicted octanol–water partition coefficient (Wildman–Crippen LogP) is 3.32. The Morgan fingerprint density at radius 2 is 1.86 bits per heavy atom. The number of hydrogen-bond acceptors (Lipinski definition) is 2. The molecule has 2 N–H and O–H groups in total. The van der Waals surface area contributed by atoms with Crippen LogP contribution < -0.4 is 10.6 Å². The Bertz CT molecular complexity index is 455. The van der Waals surface area contributed by atoms with E-state index < -0.39 is 0 Å². The molecule has 124 valence electrons. The largest absolute Gasteiger partial charge is 0.374 e. The molecule has 0 unspecified atom stereocenters. The van der Waals surface area contributed by atoms with E-state index in [2.05, 4.69) is 67.6 Å². The van der Waals surface area contributed by atoms with Crippen LogP contribution in [0.4, 0.5) is 0 Å². The van der Waals surface area contributed by atoms with Crippen LogP contribution in [0.25, 0.3) is 0 Å². The van der Waals surface area contributed by atoms with Gasteiger partial charge in [0.15, 0.2) is 5.96 Å². The maximum Gasteiger partial charge on any atom is 0.191 e. The Hall–Kier alpha value is -1.55. The van der Waals surface area contributed by atoms with E-state index in [1.165, 1.54) is 11.1 Å². The lowest BCUT2D eigenvalue weighted by molar-refractivity contribution is 0.0657. The predicted molar refractivity (Wildman–Crippen MR) is 94.0 cm³/mol. The van der Waals surface area contributed by atoms with E-state index in [9.17, 15) is 0 Å². The molecule has 0 bridgehead atoms. The SMILES string of the molecule is CN=C(NCCC(C)C)NCc1cccc(COC(C)C)c1. The summed E-state index contributed by atoms with van der Waals surface area (Å²) in [5.41, 5.74) is 2.44. The smallest absolute Gasteiger partial charge is 0.191 e. The van der Waals surface area contributed by atoms with Crippen molar-refractivity contribution in [2.75, 3.05) is 13.6 Å². The van der Waals surface area contributed by atoms with E-state index in [0.717, 1.165) is 25.5 Å². The molecule has 1 rings (SSSR count). The Labute approximate surface area is 135 Å². The summed E-state index contributed by atoms with van der Waals surface area (Å²) in [6.45, 7) is 10.9. The van der Waals surface area contributed by atoms with E-state index in [1.54, 1.807) is 7.05 Å². The molecule has 0 aliphatic carbocycles. The van der Waals surface area contributed by atoms with Crippen LogP contribution in [-0.2, 0) is 17.9 Å². The fourth-order valence-corrected chi connectivity index (χ4v) is 1.98. The average Bonchev–Trinajstić information content (AvgIpc) is 2.48. The van der Waals surface area contributed by atoms with Crippen molar-refractivity contribution in [2.24, 2.45) is 10.9 Å². The number of guanidine groups is 1. The molecule has 0 atom stereocenters. The van der Waals surface area contributed by atoms with E-state index in [1.807, 2.05) is 0 Å². The van der Waals surface area contributed by atoms with E-state index >= 15 is 0 Å². The summed E-state index contributed by atoms with van der Waals surface area (Å²) >= 11 is 0. The number of hydrogen-bond donors (Lipinski definition) is 2. The molecular weight excluding hydrogens is 274 g/mol. The molecule has 4 nitrogen and oxygen atoms in total. The van der Waals surface area contributed by atoms with Crippen LogP contribution in [0.3, 0.4) is 0 Å². The fraction of sp³-hybridized carbons (Fsp3) is 0.611. The molecule has 0 fully saturated rings. The van der Waals surface area contributed by atoms with Gasteiger partial charge in [-0.05, 0) is 37.3 Å². The summed E-state index contributed by atoms with van der Waals surface area (Å²) in [6.07, 6.45) is 1.40. The fourth-order valence-electron chi connectivity index (χ4n) is 1.98. The van der Waals surface area contributed by atoms with Crippen LogP contribution in [0.15, 0.2) is 29.3 Å². The van der Waals surface area contributed by atoms with Crippen LogP contribution in [0.2, 0.25) is 0 Å². The van der Waals surface area contributed by atoms with E-state index in [0.29, 0.717) is 12.5 Å². The second-order valence-corrected chi connectivity index (χ2v) is 6.21. The molecule has 0 spiro atoms. The lowest BCUT2D eigenvalue weighted by Gasteiger charge is -2.13. The molecule has 0 aliphatic rings. The first-order chi connectivity index (χ1) is 10.5. The Morgan fingerprint density at radius 1 is 1.14 bits per heavy atom. The monoisotopic (exact) mass is 305 g/mol. The van der Waals surface area contributed by atoms with Crippen molar-refractivity contribution in [1.82, 2.24) is 10.6 Å². The molecule has 0 radical (unpaired) electrons. The minimum absolute atomic E-state index is 0.255. The molecule has 0 heterocycles. The number of benzene rings is 1. The number of ether oxygens (including phenoxy) is 1. The molecule has 0 aromatic heterocycles. The van der Waals surface area contributed by atoms with E-state index in [4.69, 9.17) is 4.74 Å².